The number of nitrogens with two attached hydrogens (primary N) is 1. The van der Waals surface area contributed by atoms with Crippen molar-refractivity contribution in [2.45, 2.75) is 25.9 Å². The smallest absolute Gasteiger partial charge is 0.237 e. The summed E-state index contributed by atoms with van der Waals surface area (Å²) in [4.78, 5) is 11.3. The Morgan fingerprint density at radius 2 is 1.88 bits per heavy atom. The summed E-state index contributed by atoms with van der Waals surface area (Å²) in [6, 6.07) is 2.46. The third-order valence-corrected chi connectivity index (χ3v) is 2.22. The minimum Gasteiger partial charge on any atom is -0.348 e. The second-order valence-electron chi connectivity index (χ2n) is 3.69. The topological polar surface area (TPSA) is 55.1 Å². The van der Waals surface area contributed by atoms with Crippen LogP contribution in [0, 0.1) is 11.6 Å². The summed E-state index contributed by atoms with van der Waals surface area (Å²) in [6.45, 7) is 3.22. The van der Waals surface area contributed by atoms with E-state index in [-0.39, 0.29) is 18.3 Å². The molecule has 3 nitrogen and oxygen atoms in total. The van der Waals surface area contributed by atoms with E-state index in [1.165, 1.54) is 6.07 Å². The summed E-state index contributed by atoms with van der Waals surface area (Å²) in [6.07, 6.45) is 0. The van der Waals surface area contributed by atoms with Crippen LogP contribution in [-0.4, -0.2) is 11.9 Å². The van der Waals surface area contributed by atoms with Crippen molar-refractivity contribution in [1.29, 1.82) is 0 Å². The van der Waals surface area contributed by atoms with Crippen LogP contribution in [0.25, 0.3) is 0 Å². The maximum atomic E-state index is 12.9. The van der Waals surface area contributed by atoms with Crippen molar-refractivity contribution < 1.29 is 13.6 Å². The summed E-state index contributed by atoms with van der Waals surface area (Å²) < 4.78 is 25.6. The quantitative estimate of drug-likeness (QED) is 0.876. The molecule has 1 rings (SSSR count). The average molecular weight is 265 g/mol. The van der Waals surface area contributed by atoms with Crippen LogP contribution in [0.5, 0.6) is 0 Å². The minimum absolute atomic E-state index is 0. The molecular weight excluding hydrogens is 250 g/mol. The van der Waals surface area contributed by atoms with Gasteiger partial charge in [-0.25, -0.2) is 8.78 Å². The largest absolute Gasteiger partial charge is 0.348 e. The van der Waals surface area contributed by atoms with E-state index in [9.17, 15) is 13.6 Å². The molecule has 1 unspecified atom stereocenters. The molecule has 0 aliphatic rings. The van der Waals surface area contributed by atoms with Gasteiger partial charge < -0.3 is 11.1 Å². The zero-order valence-corrected chi connectivity index (χ0v) is 10.4. The number of benzene rings is 1. The Bertz CT molecular complexity index is 399. The molecule has 0 aliphatic heterocycles. The standard InChI is InChI=1S/C11H14F2N2O.ClH/c1-6(14)11(16)15-7(2)8-3-4-9(12)10(13)5-8;/h3-7H,14H2,1-2H3,(H,15,16);1H/t6-,7?;/m0./s1. The third kappa shape index (κ3) is 4.28. The molecule has 0 saturated carbocycles. The number of hydrogen-bond acceptors (Lipinski definition) is 2. The molecule has 0 aromatic heterocycles. The lowest BCUT2D eigenvalue weighted by Gasteiger charge is -2.16. The lowest BCUT2D eigenvalue weighted by Crippen LogP contribution is -2.39. The van der Waals surface area contributed by atoms with E-state index >= 15 is 0 Å². The van der Waals surface area contributed by atoms with Gasteiger partial charge in [-0.2, -0.15) is 0 Å². The van der Waals surface area contributed by atoms with Crippen molar-refractivity contribution in [1.82, 2.24) is 5.32 Å². The minimum atomic E-state index is -0.931. The van der Waals surface area contributed by atoms with Crippen LogP contribution < -0.4 is 11.1 Å². The van der Waals surface area contributed by atoms with Crippen molar-refractivity contribution in [2.75, 3.05) is 0 Å². The molecule has 1 aromatic carbocycles. The Labute approximate surface area is 105 Å². The predicted octanol–water partition coefficient (Wildman–Crippen LogP) is 1.91. The fourth-order valence-corrected chi connectivity index (χ4v) is 1.21. The molecule has 6 heteroatoms. The van der Waals surface area contributed by atoms with E-state index in [1.807, 2.05) is 0 Å². The van der Waals surface area contributed by atoms with Gasteiger partial charge in [-0.3, -0.25) is 4.79 Å². The fraction of sp³-hybridized carbons (Fsp3) is 0.364. The first-order valence-corrected chi connectivity index (χ1v) is 4.92. The van der Waals surface area contributed by atoms with Gasteiger partial charge in [0.05, 0.1) is 12.1 Å². The lowest BCUT2D eigenvalue weighted by atomic mass is 10.1. The lowest BCUT2D eigenvalue weighted by molar-refractivity contribution is -0.122. The summed E-state index contributed by atoms with van der Waals surface area (Å²) in [5.74, 6) is -2.17. The Balaban J connectivity index is 0.00000256. The molecule has 0 fully saturated rings. The number of carbonyl (C=O) groups is 1. The highest BCUT2D eigenvalue weighted by Crippen LogP contribution is 2.15. The fourth-order valence-electron chi connectivity index (χ4n) is 1.21. The van der Waals surface area contributed by atoms with Gasteiger partial charge in [0.1, 0.15) is 0 Å². The molecule has 0 bridgehead atoms. The summed E-state index contributed by atoms with van der Waals surface area (Å²) in [7, 11) is 0. The zero-order chi connectivity index (χ0) is 12.3. The van der Waals surface area contributed by atoms with Gasteiger partial charge >= 0.3 is 0 Å². The van der Waals surface area contributed by atoms with E-state index in [2.05, 4.69) is 5.32 Å². The van der Waals surface area contributed by atoms with Crippen LogP contribution in [0.2, 0.25) is 0 Å². The van der Waals surface area contributed by atoms with E-state index in [0.717, 1.165) is 12.1 Å². The van der Waals surface area contributed by atoms with Gasteiger partial charge in [0.25, 0.3) is 0 Å². The normalized spacial score (nSPS) is 13.5. The molecule has 17 heavy (non-hydrogen) atoms. The first-order chi connectivity index (χ1) is 7.41. The van der Waals surface area contributed by atoms with Gasteiger partial charge in [0, 0.05) is 0 Å². The van der Waals surface area contributed by atoms with E-state index in [4.69, 9.17) is 5.73 Å². The number of amides is 1. The molecular formula is C11H15ClF2N2O. The number of carbonyl (C=O) groups excluding carboxylic acids is 1. The SMILES string of the molecule is CC(NC(=O)[C@H](C)N)c1ccc(F)c(F)c1.Cl. The van der Waals surface area contributed by atoms with Crippen LogP contribution in [0.1, 0.15) is 25.5 Å². The van der Waals surface area contributed by atoms with Gasteiger partial charge in [-0.15, -0.1) is 12.4 Å². The van der Waals surface area contributed by atoms with Gasteiger partial charge in [-0.1, -0.05) is 6.07 Å². The highest BCUT2D eigenvalue weighted by molar-refractivity contribution is 5.85. The molecule has 2 atom stereocenters. The van der Waals surface area contributed by atoms with Crippen molar-refractivity contribution >= 4 is 18.3 Å². The Morgan fingerprint density at radius 1 is 1.29 bits per heavy atom. The highest BCUT2D eigenvalue weighted by atomic mass is 35.5. The molecule has 96 valence electrons. The van der Waals surface area contributed by atoms with Crippen LogP contribution in [0.3, 0.4) is 0 Å². The number of hydrogen-bond donors (Lipinski definition) is 2. The van der Waals surface area contributed by atoms with Crippen LogP contribution in [-0.2, 0) is 4.79 Å². The van der Waals surface area contributed by atoms with Gasteiger partial charge in [0.2, 0.25) is 5.91 Å². The van der Waals surface area contributed by atoms with E-state index in [1.54, 1.807) is 13.8 Å². The first-order valence-electron chi connectivity index (χ1n) is 4.92. The number of rotatable bonds is 3. The number of nitrogens with one attached hydrogen (secondary N) is 1. The summed E-state index contributed by atoms with van der Waals surface area (Å²) >= 11 is 0. The van der Waals surface area contributed by atoms with Crippen LogP contribution >= 0.6 is 12.4 Å². The second kappa shape index (κ2) is 6.51. The van der Waals surface area contributed by atoms with Crippen molar-refractivity contribution in [3.63, 3.8) is 0 Å². The van der Waals surface area contributed by atoms with Crippen molar-refractivity contribution in [3.05, 3.63) is 35.4 Å². The zero-order valence-electron chi connectivity index (χ0n) is 9.54. The summed E-state index contributed by atoms with van der Waals surface area (Å²) in [5.41, 5.74) is 5.86. The Hall–Kier alpha value is -1.20. The Kier molecular flexibility index (Phi) is 6.05. The maximum absolute atomic E-state index is 12.9. The monoisotopic (exact) mass is 264 g/mol. The average Bonchev–Trinajstić information content (AvgIpc) is 2.21. The predicted molar refractivity (Wildman–Crippen MR) is 63.8 cm³/mol. The van der Waals surface area contributed by atoms with Gasteiger partial charge in [0.15, 0.2) is 11.6 Å². The Morgan fingerprint density at radius 3 is 2.35 bits per heavy atom. The molecule has 0 saturated heterocycles. The maximum Gasteiger partial charge on any atom is 0.237 e. The molecule has 1 aromatic rings. The third-order valence-electron chi connectivity index (χ3n) is 2.22. The summed E-state index contributed by atoms with van der Waals surface area (Å²) in [5, 5.41) is 2.59. The van der Waals surface area contributed by atoms with Crippen LogP contribution in [0.15, 0.2) is 18.2 Å². The van der Waals surface area contributed by atoms with Crippen LogP contribution in [0.4, 0.5) is 8.78 Å². The molecule has 0 aliphatic carbocycles. The molecule has 3 N–H and O–H groups in total. The molecule has 0 spiro atoms. The van der Waals surface area contributed by atoms with E-state index < -0.39 is 23.7 Å². The van der Waals surface area contributed by atoms with Gasteiger partial charge in [-0.05, 0) is 31.5 Å². The molecule has 0 heterocycles. The second-order valence-corrected chi connectivity index (χ2v) is 3.69. The van der Waals surface area contributed by atoms with Crippen molar-refractivity contribution in [3.8, 4) is 0 Å². The molecule has 1 amide bonds. The number of halogens is 3. The highest BCUT2D eigenvalue weighted by Gasteiger charge is 2.14. The van der Waals surface area contributed by atoms with Crippen molar-refractivity contribution in [2.24, 2.45) is 5.73 Å². The first kappa shape index (κ1) is 15.8. The molecule has 0 radical (unpaired) electrons. The van der Waals surface area contributed by atoms with E-state index in [0.29, 0.717) is 5.56 Å².